The summed E-state index contributed by atoms with van der Waals surface area (Å²) in [6.45, 7) is 9.90. The fourth-order valence-corrected chi connectivity index (χ4v) is 1.42. The summed E-state index contributed by atoms with van der Waals surface area (Å²) in [5.41, 5.74) is 0. The fraction of sp³-hybridized carbons (Fsp3) is 0.909. The smallest absolute Gasteiger partial charge is 0.0755 e. The van der Waals surface area contributed by atoms with E-state index in [9.17, 15) is 0 Å². The summed E-state index contributed by atoms with van der Waals surface area (Å²) >= 11 is 0. The maximum absolute atomic E-state index is 8.67. The summed E-state index contributed by atoms with van der Waals surface area (Å²) in [6, 6.07) is 2.66. The number of hydrogen-bond donors (Lipinski definition) is 1. The zero-order valence-electron chi connectivity index (χ0n) is 10.5. The van der Waals surface area contributed by atoms with Gasteiger partial charge in [0.25, 0.3) is 0 Å². The van der Waals surface area contributed by atoms with Crippen LogP contribution in [0.25, 0.3) is 0 Å². The Balaban J connectivity index is 0. The number of likely N-dealkylation sites (N-methyl/N-ethyl adjacent to an activating group) is 2. The van der Waals surface area contributed by atoms with E-state index in [-0.39, 0.29) is 5.92 Å². The van der Waals surface area contributed by atoms with Gasteiger partial charge in [0, 0.05) is 19.1 Å². The van der Waals surface area contributed by atoms with Gasteiger partial charge in [-0.25, -0.2) is 0 Å². The highest BCUT2D eigenvalue weighted by atomic mass is 15.2. The molecule has 1 fully saturated rings. The van der Waals surface area contributed by atoms with Crippen molar-refractivity contribution in [2.75, 3.05) is 27.2 Å². The number of likely N-dealkylation sites (tertiary alicyclic amines) is 1. The van der Waals surface area contributed by atoms with Crippen molar-refractivity contribution in [2.45, 2.75) is 33.7 Å². The van der Waals surface area contributed by atoms with E-state index in [1.54, 1.807) is 0 Å². The molecule has 0 radical (unpaired) electrons. The van der Waals surface area contributed by atoms with Crippen molar-refractivity contribution in [3.8, 4) is 6.07 Å². The molecule has 1 N–H and O–H groups in total. The van der Waals surface area contributed by atoms with Crippen molar-refractivity contribution in [2.24, 2.45) is 5.92 Å². The number of hydrogen-bond acceptors (Lipinski definition) is 3. The number of nitriles is 1. The van der Waals surface area contributed by atoms with Crippen LogP contribution in [0.3, 0.4) is 0 Å². The van der Waals surface area contributed by atoms with E-state index in [2.05, 4.69) is 16.3 Å². The molecule has 3 heteroatoms. The van der Waals surface area contributed by atoms with Crippen LogP contribution >= 0.6 is 0 Å². The van der Waals surface area contributed by atoms with Crippen LogP contribution in [0, 0.1) is 17.2 Å². The van der Waals surface area contributed by atoms with Gasteiger partial charge < -0.3 is 10.2 Å². The van der Waals surface area contributed by atoms with Crippen LogP contribution in [0.4, 0.5) is 0 Å². The van der Waals surface area contributed by atoms with Gasteiger partial charge in [0.1, 0.15) is 0 Å². The lowest BCUT2D eigenvalue weighted by Gasteiger charge is -2.09. The molecule has 1 aliphatic rings. The molecule has 0 saturated carbocycles. The molecule has 3 nitrogen and oxygen atoms in total. The van der Waals surface area contributed by atoms with Gasteiger partial charge in [0.2, 0.25) is 0 Å². The van der Waals surface area contributed by atoms with E-state index in [4.69, 9.17) is 5.26 Å². The number of nitrogens with one attached hydrogen (secondary N) is 1. The molecule has 14 heavy (non-hydrogen) atoms. The maximum Gasteiger partial charge on any atom is 0.0755 e. The molecule has 0 aromatic carbocycles. The van der Waals surface area contributed by atoms with Gasteiger partial charge in [-0.3, -0.25) is 0 Å². The molecular formula is C11H25N3. The van der Waals surface area contributed by atoms with Crippen molar-refractivity contribution in [3.05, 3.63) is 0 Å². The summed E-state index contributed by atoms with van der Waals surface area (Å²) in [5.74, 6) is 0.176. The molecule has 0 aliphatic carbocycles. The highest BCUT2D eigenvalue weighted by Gasteiger charge is 2.28. The Morgan fingerprint density at radius 2 is 1.71 bits per heavy atom. The van der Waals surface area contributed by atoms with E-state index in [0.717, 1.165) is 13.1 Å². The first-order valence-electron chi connectivity index (χ1n) is 5.53. The molecule has 1 heterocycles. The van der Waals surface area contributed by atoms with Crippen molar-refractivity contribution in [1.29, 1.82) is 5.26 Å². The second-order valence-electron chi connectivity index (χ2n) is 2.85. The van der Waals surface area contributed by atoms with Crippen LogP contribution in [-0.2, 0) is 0 Å². The Morgan fingerprint density at radius 1 is 1.21 bits per heavy atom. The predicted octanol–water partition coefficient (Wildman–Crippen LogP) is 1.71. The van der Waals surface area contributed by atoms with Crippen molar-refractivity contribution >= 4 is 0 Å². The Hall–Kier alpha value is -0.590. The van der Waals surface area contributed by atoms with Crippen LogP contribution in [0.5, 0.6) is 0 Å². The minimum absolute atomic E-state index is 0.176. The fourth-order valence-electron chi connectivity index (χ4n) is 1.42. The molecule has 84 valence electrons. The standard InChI is InChI=1S/C7H13N3.2C2H6/c1-9-7-5-10(2)4-6(7)3-8;2*1-2/h6-7,9H,4-5H2,1-2H3;2*1-2H3. The number of nitrogens with zero attached hydrogens (tertiary/aromatic N) is 2. The third kappa shape index (κ3) is 5.21. The normalized spacial score (nSPS) is 25.2. The molecule has 0 aromatic heterocycles. The van der Waals surface area contributed by atoms with Gasteiger partial charge in [-0.15, -0.1) is 0 Å². The quantitative estimate of drug-likeness (QED) is 0.699. The van der Waals surface area contributed by atoms with E-state index >= 15 is 0 Å². The predicted molar refractivity (Wildman–Crippen MR) is 62.1 cm³/mol. The summed E-state index contributed by atoms with van der Waals surface area (Å²) in [6.07, 6.45) is 0. The van der Waals surface area contributed by atoms with Gasteiger partial charge in [-0.2, -0.15) is 5.26 Å². The van der Waals surface area contributed by atoms with Gasteiger partial charge in [-0.05, 0) is 14.1 Å². The van der Waals surface area contributed by atoms with E-state index in [1.807, 2.05) is 41.8 Å². The maximum atomic E-state index is 8.67. The summed E-state index contributed by atoms with van der Waals surface area (Å²) in [5, 5.41) is 11.8. The molecule has 1 saturated heterocycles. The SMILES string of the molecule is CC.CC.CNC1CN(C)CC1C#N. The average Bonchev–Trinajstić information content (AvgIpc) is 2.64. The lowest BCUT2D eigenvalue weighted by atomic mass is 10.1. The monoisotopic (exact) mass is 199 g/mol. The van der Waals surface area contributed by atoms with Crippen LogP contribution in [0.15, 0.2) is 0 Å². The van der Waals surface area contributed by atoms with Gasteiger partial charge >= 0.3 is 0 Å². The highest BCUT2D eigenvalue weighted by molar-refractivity contribution is 4.99. The number of rotatable bonds is 1. The minimum atomic E-state index is 0.176. The Morgan fingerprint density at radius 3 is 2.00 bits per heavy atom. The van der Waals surface area contributed by atoms with Crippen LogP contribution < -0.4 is 5.32 Å². The molecule has 0 spiro atoms. The topological polar surface area (TPSA) is 39.1 Å². The molecule has 2 atom stereocenters. The zero-order valence-corrected chi connectivity index (χ0v) is 10.5. The summed E-state index contributed by atoms with van der Waals surface area (Å²) in [4.78, 5) is 2.18. The first-order chi connectivity index (χ1) is 6.77. The first kappa shape index (κ1) is 15.9. The van der Waals surface area contributed by atoms with E-state index < -0.39 is 0 Å². The van der Waals surface area contributed by atoms with E-state index in [0.29, 0.717) is 6.04 Å². The molecule has 0 aromatic rings. The Bertz CT molecular complexity index is 151. The van der Waals surface area contributed by atoms with E-state index in [1.165, 1.54) is 0 Å². The van der Waals surface area contributed by atoms with Crippen LogP contribution in [-0.4, -0.2) is 38.1 Å². The highest BCUT2D eigenvalue weighted by Crippen LogP contribution is 2.13. The second kappa shape index (κ2) is 10.5. The van der Waals surface area contributed by atoms with Crippen molar-refractivity contribution in [3.63, 3.8) is 0 Å². The van der Waals surface area contributed by atoms with Gasteiger partial charge in [0.05, 0.1) is 12.0 Å². The minimum Gasteiger partial charge on any atom is -0.314 e. The average molecular weight is 199 g/mol. The molecule has 0 amide bonds. The largest absolute Gasteiger partial charge is 0.314 e. The van der Waals surface area contributed by atoms with Gasteiger partial charge in [0.15, 0.2) is 0 Å². The second-order valence-corrected chi connectivity index (χ2v) is 2.85. The summed E-state index contributed by atoms with van der Waals surface area (Å²) in [7, 11) is 3.95. The van der Waals surface area contributed by atoms with Gasteiger partial charge in [-0.1, -0.05) is 27.7 Å². The molecule has 1 aliphatic heterocycles. The van der Waals surface area contributed by atoms with Crippen molar-refractivity contribution < 1.29 is 0 Å². The lowest BCUT2D eigenvalue weighted by Crippen LogP contribution is -2.32. The Labute approximate surface area is 89.1 Å². The van der Waals surface area contributed by atoms with Crippen molar-refractivity contribution in [1.82, 2.24) is 10.2 Å². The molecule has 0 bridgehead atoms. The molecule has 2 unspecified atom stereocenters. The molecule has 1 rings (SSSR count). The zero-order chi connectivity index (χ0) is 11.6. The molecular weight excluding hydrogens is 174 g/mol. The van der Waals surface area contributed by atoms with Crippen LogP contribution in [0.2, 0.25) is 0 Å². The van der Waals surface area contributed by atoms with Crippen LogP contribution in [0.1, 0.15) is 27.7 Å². The first-order valence-corrected chi connectivity index (χ1v) is 5.53. The Kier molecular flexibility index (Phi) is 11.9. The summed E-state index contributed by atoms with van der Waals surface area (Å²) < 4.78 is 0. The lowest BCUT2D eigenvalue weighted by molar-refractivity contribution is 0.401. The third-order valence-electron chi connectivity index (χ3n) is 2.04. The third-order valence-corrected chi connectivity index (χ3v) is 2.04.